The summed E-state index contributed by atoms with van der Waals surface area (Å²) in [5.74, 6) is 0.412. The maximum atomic E-state index is 11.5. The van der Waals surface area contributed by atoms with Crippen molar-refractivity contribution in [1.29, 1.82) is 0 Å². The summed E-state index contributed by atoms with van der Waals surface area (Å²) in [4.78, 5) is 20.1. The van der Waals surface area contributed by atoms with Crippen molar-refractivity contribution in [3.8, 4) is 10.6 Å². The van der Waals surface area contributed by atoms with Gasteiger partial charge >= 0.3 is 13.5 Å². The van der Waals surface area contributed by atoms with Crippen molar-refractivity contribution in [2.45, 2.75) is 20.3 Å². The van der Waals surface area contributed by atoms with Gasteiger partial charge in [0.15, 0.2) is 0 Å². The smallest absolute Gasteiger partial charge is 0.329 e. The number of nitrogens with one attached hydrogen (secondary N) is 2. The molecule has 2 amide bonds. The van der Waals surface area contributed by atoms with Crippen LogP contribution < -0.4 is 16.1 Å². The molecule has 3 N–H and O–H groups in total. The number of aromatic nitrogens is 2. The van der Waals surface area contributed by atoms with Gasteiger partial charge in [-0.1, -0.05) is 6.92 Å². The number of amides is 2. The molecule has 6 nitrogen and oxygen atoms in total. The van der Waals surface area contributed by atoms with Gasteiger partial charge in [-0.2, -0.15) is 0 Å². The molecule has 1 radical (unpaired) electrons. The van der Waals surface area contributed by atoms with E-state index in [9.17, 15) is 9.82 Å². The third-order valence-corrected chi connectivity index (χ3v) is 3.72. The largest absolute Gasteiger partial charge is 0.450 e. The Kier molecular flexibility index (Phi) is 5.29. The Balaban J connectivity index is 2.31. The summed E-state index contributed by atoms with van der Waals surface area (Å²) in [5, 5.41) is 17.4. The molecule has 0 aliphatic rings. The molecule has 109 valence electrons. The first-order valence-electron chi connectivity index (χ1n) is 6.65. The van der Waals surface area contributed by atoms with Crippen LogP contribution in [0, 0.1) is 0 Å². The van der Waals surface area contributed by atoms with Crippen molar-refractivity contribution in [3.63, 3.8) is 0 Å². The lowest BCUT2D eigenvalue weighted by atomic mass is 9.86. The van der Waals surface area contributed by atoms with Gasteiger partial charge in [-0.3, -0.25) is 5.32 Å². The Hall–Kier alpha value is -1.93. The fraction of sp³-hybridized carbons (Fsp3) is 0.308. The van der Waals surface area contributed by atoms with Crippen LogP contribution in [0.5, 0.6) is 0 Å². The molecule has 8 heteroatoms. The van der Waals surface area contributed by atoms with Crippen LogP contribution in [0.4, 0.5) is 10.6 Å². The lowest BCUT2D eigenvalue weighted by Gasteiger charge is -2.08. The van der Waals surface area contributed by atoms with E-state index in [-0.39, 0.29) is 6.03 Å². The maximum absolute atomic E-state index is 11.5. The molecular weight excluding hydrogens is 287 g/mol. The van der Waals surface area contributed by atoms with Crippen LogP contribution >= 0.6 is 11.3 Å². The van der Waals surface area contributed by atoms with E-state index in [1.54, 1.807) is 6.07 Å². The molecule has 0 unspecified atom stereocenters. The van der Waals surface area contributed by atoms with Gasteiger partial charge in [-0.05, 0) is 24.9 Å². The molecule has 0 fully saturated rings. The molecule has 2 heterocycles. The summed E-state index contributed by atoms with van der Waals surface area (Å²) in [6, 6.07) is 1.39. The van der Waals surface area contributed by atoms with E-state index >= 15 is 0 Å². The van der Waals surface area contributed by atoms with Gasteiger partial charge in [0.05, 0.1) is 5.69 Å². The van der Waals surface area contributed by atoms with Crippen LogP contribution in [0.2, 0.25) is 0 Å². The SMILES string of the molecule is CCNC(=O)Nc1cc(-c2nc(CC)cs2)c([B]O)cn1. The number of pyridine rings is 1. The summed E-state index contributed by atoms with van der Waals surface area (Å²) in [6.07, 6.45) is 2.35. The second kappa shape index (κ2) is 7.19. The zero-order valence-corrected chi connectivity index (χ0v) is 12.7. The number of nitrogens with zero attached hydrogens (tertiary/aromatic N) is 2. The zero-order valence-electron chi connectivity index (χ0n) is 11.9. The van der Waals surface area contributed by atoms with Crippen LogP contribution in [-0.2, 0) is 6.42 Å². The van der Waals surface area contributed by atoms with Crippen LogP contribution in [0.15, 0.2) is 17.6 Å². The van der Waals surface area contributed by atoms with E-state index in [0.717, 1.165) is 30.2 Å². The van der Waals surface area contributed by atoms with Gasteiger partial charge in [0.25, 0.3) is 0 Å². The predicted octanol–water partition coefficient (Wildman–Crippen LogP) is 1.15. The molecule has 2 aromatic heterocycles. The summed E-state index contributed by atoms with van der Waals surface area (Å²) >= 11 is 1.50. The van der Waals surface area contributed by atoms with Gasteiger partial charge in [0, 0.05) is 23.7 Å². The predicted molar refractivity (Wildman–Crippen MR) is 85.0 cm³/mol. The summed E-state index contributed by atoms with van der Waals surface area (Å²) in [7, 11) is 0.991. The van der Waals surface area contributed by atoms with E-state index in [1.807, 2.05) is 19.2 Å². The van der Waals surface area contributed by atoms with E-state index in [2.05, 4.69) is 20.6 Å². The summed E-state index contributed by atoms with van der Waals surface area (Å²) in [5.41, 5.74) is 2.30. The standard InChI is InChI=1S/C13H16BN4O2S/c1-3-8-7-21-12(17-8)9-5-11(16-6-10(9)14-20)18-13(19)15-4-2/h5-7,20H,3-4H2,1-2H3,(H2,15,16,18,19). The fourth-order valence-electron chi connectivity index (χ4n) is 1.74. The number of rotatable bonds is 5. The number of carbonyl (C=O) groups excluding carboxylic acids is 1. The number of anilines is 1. The lowest BCUT2D eigenvalue weighted by Crippen LogP contribution is -2.29. The Morgan fingerprint density at radius 3 is 2.90 bits per heavy atom. The minimum absolute atomic E-state index is 0.315. The van der Waals surface area contributed by atoms with Crippen LogP contribution in [-0.4, -0.2) is 35.1 Å². The van der Waals surface area contributed by atoms with Gasteiger partial charge < -0.3 is 10.3 Å². The highest BCUT2D eigenvalue weighted by Crippen LogP contribution is 2.24. The molecule has 21 heavy (non-hydrogen) atoms. The highest BCUT2D eigenvalue weighted by molar-refractivity contribution is 7.13. The second-order valence-corrected chi connectivity index (χ2v) is 5.13. The number of urea groups is 1. The van der Waals surface area contributed by atoms with Crippen molar-refractivity contribution in [1.82, 2.24) is 15.3 Å². The van der Waals surface area contributed by atoms with E-state index in [0.29, 0.717) is 17.8 Å². The van der Waals surface area contributed by atoms with Gasteiger partial charge in [-0.25, -0.2) is 14.8 Å². The Bertz CT molecular complexity index is 632. The number of aryl methyl sites for hydroxylation is 1. The molecule has 0 atom stereocenters. The molecule has 2 rings (SSSR count). The van der Waals surface area contributed by atoms with Crippen LogP contribution in [0.1, 0.15) is 19.5 Å². The molecule has 0 saturated heterocycles. The van der Waals surface area contributed by atoms with Crippen molar-refractivity contribution in [3.05, 3.63) is 23.3 Å². The van der Waals surface area contributed by atoms with Crippen molar-refractivity contribution in [2.24, 2.45) is 0 Å². The lowest BCUT2D eigenvalue weighted by molar-refractivity contribution is 0.252. The Morgan fingerprint density at radius 1 is 1.48 bits per heavy atom. The molecule has 0 bridgehead atoms. The van der Waals surface area contributed by atoms with E-state index in [4.69, 9.17) is 0 Å². The van der Waals surface area contributed by atoms with Crippen molar-refractivity contribution >= 4 is 36.1 Å². The van der Waals surface area contributed by atoms with Gasteiger partial charge in [0.1, 0.15) is 10.8 Å². The monoisotopic (exact) mass is 303 g/mol. The molecule has 0 spiro atoms. The highest BCUT2D eigenvalue weighted by atomic mass is 32.1. The third kappa shape index (κ3) is 3.80. The minimum Gasteiger partial charge on any atom is -0.450 e. The third-order valence-electron chi connectivity index (χ3n) is 2.80. The fourth-order valence-corrected chi connectivity index (χ4v) is 2.68. The quantitative estimate of drug-likeness (QED) is 0.723. The first-order valence-corrected chi connectivity index (χ1v) is 7.53. The normalized spacial score (nSPS) is 10.2. The average molecular weight is 303 g/mol. The molecule has 0 aromatic carbocycles. The van der Waals surface area contributed by atoms with Crippen molar-refractivity contribution in [2.75, 3.05) is 11.9 Å². The number of carbonyl (C=O) groups is 1. The van der Waals surface area contributed by atoms with Gasteiger partial charge in [-0.15, -0.1) is 11.3 Å². The maximum Gasteiger partial charge on any atom is 0.329 e. The highest BCUT2D eigenvalue weighted by Gasteiger charge is 2.12. The number of hydrogen-bond acceptors (Lipinski definition) is 5. The van der Waals surface area contributed by atoms with Crippen LogP contribution in [0.3, 0.4) is 0 Å². The first kappa shape index (κ1) is 15.5. The molecule has 0 aliphatic heterocycles. The number of hydrogen-bond donors (Lipinski definition) is 3. The molecule has 0 saturated carbocycles. The first-order chi connectivity index (χ1) is 10.2. The summed E-state index contributed by atoms with van der Waals surface area (Å²) in [6.45, 7) is 4.41. The summed E-state index contributed by atoms with van der Waals surface area (Å²) < 4.78 is 0. The Morgan fingerprint density at radius 2 is 2.29 bits per heavy atom. The van der Waals surface area contributed by atoms with E-state index in [1.165, 1.54) is 17.5 Å². The topological polar surface area (TPSA) is 87.1 Å². The second-order valence-electron chi connectivity index (χ2n) is 4.27. The Labute approximate surface area is 127 Å². The van der Waals surface area contributed by atoms with Gasteiger partial charge in [0.2, 0.25) is 0 Å². The number of thiazole rings is 1. The molecular formula is C13H16BN4O2S. The molecule has 2 aromatic rings. The van der Waals surface area contributed by atoms with Crippen molar-refractivity contribution < 1.29 is 9.82 Å². The van der Waals surface area contributed by atoms with E-state index < -0.39 is 0 Å². The average Bonchev–Trinajstić information content (AvgIpc) is 2.96. The minimum atomic E-state index is -0.315. The molecule has 0 aliphatic carbocycles. The van der Waals surface area contributed by atoms with Crippen LogP contribution in [0.25, 0.3) is 10.6 Å². The zero-order chi connectivity index (χ0) is 15.2.